The second kappa shape index (κ2) is 21.6. The molecule has 6 heterocycles. The molecule has 3 unspecified atom stereocenters. The predicted octanol–water partition coefficient (Wildman–Crippen LogP) is 9.64. The summed E-state index contributed by atoms with van der Waals surface area (Å²) in [6, 6.07) is 16.7. The summed E-state index contributed by atoms with van der Waals surface area (Å²) in [7, 11) is 0. The zero-order valence-corrected chi connectivity index (χ0v) is 42.0. The van der Waals surface area contributed by atoms with Crippen LogP contribution in [0.1, 0.15) is 123 Å². The molecular formula is C57H69FN8O5. The molecular weight excluding hydrogens is 896 g/mol. The van der Waals surface area contributed by atoms with Gasteiger partial charge in [0.25, 0.3) is 5.91 Å². The molecule has 0 spiro atoms. The van der Waals surface area contributed by atoms with E-state index in [4.69, 9.17) is 9.72 Å². The number of imide groups is 1. The summed E-state index contributed by atoms with van der Waals surface area (Å²) < 4.78 is 20.8. The van der Waals surface area contributed by atoms with Gasteiger partial charge in [0.1, 0.15) is 23.3 Å². The third-order valence-corrected chi connectivity index (χ3v) is 15.0. The molecule has 0 saturated carbocycles. The van der Waals surface area contributed by atoms with Crippen LogP contribution >= 0.6 is 0 Å². The van der Waals surface area contributed by atoms with Crippen LogP contribution in [0.3, 0.4) is 0 Å². The number of carbonyl (C=O) groups excluding carboxylic acids is 4. The van der Waals surface area contributed by atoms with Crippen molar-refractivity contribution < 1.29 is 28.3 Å². The van der Waals surface area contributed by atoms with Crippen molar-refractivity contribution in [3.63, 3.8) is 0 Å². The number of fused-ring (bicyclic) bond motifs is 1. The van der Waals surface area contributed by atoms with Gasteiger partial charge in [0.2, 0.25) is 11.8 Å². The van der Waals surface area contributed by atoms with Gasteiger partial charge in [0, 0.05) is 86.2 Å². The minimum absolute atomic E-state index is 0.109. The van der Waals surface area contributed by atoms with E-state index in [1.807, 2.05) is 62.2 Å². The number of likely N-dealkylation sites (tertiary alicyclic amines) is 2. The Balaban J connectivity index is 0.740. The van der Waals surface area contributed by atoms with Crippen LogP contribution in [0.25, 0.3) is 22.8 Å². The summed E-state index contributed by atoms with van der Waals surface area (Å²) in [6.07, 6.45) is 15.1. The van der Waals surface area contributed by atoms with Crippen molar-refractivity contribution in [1.82, 2.24) is 30.0 Å². The van der Waals surface area contributed by atoms with Gasteiger partial charge in [-0.05, 0) is 180 Å². The molecule has 2 aromatic carbocycles. The van der Waals surface area contributed by atoms with Gasteiger partial charge in [-0.3, -0.25) is 34.9 Å². The van der Waals surface area contributed by atoms with Crippen LogP contribution < -0.4 is 16.0 Å². The largest absolute Gasteiger partial charge is 0.444 e. The van der Waals surface area contributed by atoms with Crippen LogP contribution in [0.5, 0.6) is 0 Å². The lowest BCUT2D eigenvalue weighted by molar-refractivity contribution is -0.133. The topological polar surface area (TPSA) is 149 Å². The summed E-state index contributed by atoms with van der Waals surface area (Å²) in [5, 5.41) is 8.16. The lowest BCUT2D eigenvalue weighted by Crippen LogP contribution is -2.47. The summed E-state index contributed by atoms with van der Waals surface area (Å²) in [5.41, 5.74) is 10.8. The molecule has 4 amide bonds. The maximum atomic E-state index is 15.5. The van der Waals surface area contributed by atoms with E-state index in [2.05, 4.69) is 68.9 Å². The summed E-state index contributed by atoms with van der Waals surface area (Å²) in [6.45, 7) is 17.0. The number of aromatic nitrogens is 2. The Morgan fingerprint density at radius 1 is 0.887 bits per heavy atom. The van der Waals surface area contributed by atoms with E-state index in [1.54, 1.807) is 12.3 Å². The first kappa shape index (κ1) is 49.7. The third-order valence-electron chi connectivity index (χ3n) is 15.0. The highest BCUT2D eigenvalue weighted by atomic mass is 19.1. The molecule has 14 heteroatoms. The molecule has 3 atom stereocenters. The number of amides is 4. The van der Waals surface area contributed by atoms with Crippen LogP contribution in [-0.4, -0.2) is 112 Å². The first-order chi connectivity index (χ1) is 34.1. The highest BCUT2D eigenvalue weighted by Crippen LogP contribution is 2.37. The van der Waals surface area contributed by atoms with Crippen LogP contribution in [0.2, 0.25) is 0 Å². The third kappa shape index (κ3) is 12.3. The van der Waals surface area contributed by atoms with Crippen molar-refractivity contribution in [2.24, 2.45) is 11.8 Å². The van der Waals surface area contributed by atoms with E-state index < -0.39 is 17.7 Å². The number of hydrogen-bond acceptors (Lipinski definition) is 10. The van der Waals surface area contributed by atoms with Gasteiger partial charge in [-0.1, -0.05) is 36.8 Å². The zero-order chi connectivity index (χ0) is 49.8. The number of anilines is 2. The number of rotatable bonds is 11. The minimum atomic E-state index is -0.596. The molecule has 3 N–H and O–H groups in total. The molecule has 13 nitrogen and oxygen atoms in total. The summed E-state index contributed by atoms with van der Waals surface area (Å²) in [4.78, 5) is 66.2. The van der Waals surface area contributed by atoms with Crippen molar-refractivity contribution in [2.75, 3.05) is 63.0 Å². The Labute approximate surface area is 417 Å². The molecule has 9 rings (SSSR count). The number of piperidine rings is 2. The van der Waals surface area contributed by atoms with E-state index in [0.717, 1.165) is 136 Å². The first-order valence-corrected chi connectivity index (χ1v) is 25.7. The van der Waals surface area contributed by atoms with Gasteiger partial charge >= 0.3 is 6.09 Å². The number of hydrogen-bond donors (Lipinski definition) is 3. The molecule has 2 aromatic heterocycles. The summed E-state index contributed by atoms with van der Waals surface area (Å²) >= 11 is 0. The van der Waals surface area contributed by atoms with E-state index in [1.165, 1.54) is 22.8 Å². The monoisotopic (exact) mass is 965 g/mol. The number of nitrogens with zero attached hydrogens (tertiary/aromatic N) is 5. The van der Waals surface area contributed by atoms with E-state index in [9.17, 15) is 19.2 Å². The van der Waals surface area contributed by atoms with E-state index >= 15 is 4.39 Å². The number of benzene rings is 2. The summed E-state index contributed by atoms with van der Waals surface area (Å²) in [5.74, 6) is 0.675. The van der Waals surface area contributed by atoms with Gasteiger partial charge in [-0.25, -0.2) is 14.2 Å². The predicted molar refractivity (Wildman–Crippen MR) is 276 cm³/mol. The van der Waals surface area contributed by atoms with Crippen molar-refractivity contribution in [1.29, 1.82) is 0 Å². The molecule has 5 aliphatic rings. The smallest absolute Gasteiger partial charge is 0.413 e. The lowest BCUT2D eigenvalue weighted by Gasteiger charge is -2.35. The molecule has 0 bridgehead atoms. The van der Waals surface area contributed by atoms with Gasteiger partial charge in [-0.15, -0.1) is 0 Å². The fraction of sp³-hybridized carbons (Fsp3) is 0.474. The number of aryl methyl sites for hydroxylation is 1. The number of pyridine rings is 2. The molecule has 374 valence electrons. The van der Waals surface area contributed by atoms with Gasteiger partial charge in [0.15, 0.2) is 0 Å². The normalized spacial score (nSPS) is 21.6. The van der Waals surface area contributed by atoms with Gasteiger partial charge in [0.05, 0.1) is 0 Å². The average Bonchev–Trinajstić information content (AvgIpc) is 3.58. The van der Waals surface area contributed by atoms with Gasteiger partial charge in [-0.2, -0.15) is 0 Å². The number of carbonyl (C=O) groups is 4. The Morgan fingerprint density at radius 3 is 2.44 bits per heavy atom. The van der Waals surface area contributed by atoms with Crippen molar-refractivity contribution >= 4 is 47.0 Å². The number of nitrogens with one attached hydrogen (secondary N) is 3. The van der Waals surface area contributed by atoms with Crippen LogP contribution in [0, 0.1) is 24.6 Å². The Kier molecular flexibility index (Phi) is 15.1. The molecule has 3 saturated heterocycles. The Hall–Kier alpha value is -6.25. The Morgan fingerprint density at radius 2 is 1.72 bits per heavy atom. The van der Waals surface area contributed by atoms with E-state index in [-0.39, 0.29) is 35.9 Å². The van der Waals surface area contributed by atoms with Crippen LogP contribution in [-0.2, 0) is 20.7 Å². The average molecular weight is 965 g/mol. The van der Waals surface area contributed by atoms with Gasteiger partial charge < -0.3 is 19.9 Å². The molecule has 4 aliphatic heterocycles. The highest BCUT2D eigenvalue weighted by molar-refractivity contribution is 6.01. The molecule has 4 aromatic rings. The first-order valence-electron chi connectivity index (χ1n) is 25.7. The zero-order valence-electron chi connectivity index (χ0n) is 42.0. The Bertz CT molecular complexity index is 2700. The number of ether oxygens (including phenoxy) is 1. The second-order valence-corrected chi connectivity index (χ2v) is 21.4. The molecule has 1 aliphatic carbocycles. The van der Waals surface area contributed by atoms with Crippen molar-refractivity contribution in [2.45, 2.75) is 110 Å². The quantitative estimate of drug-likeness (QED) is 0.124. The van der Waals surface area contributed by atoms with Crippen LogP contribution in [0.4, 0.5) is 20.7 Å². The molecule has 0 radical (unpaired) electrons. The molecule has 71 heavy (non-hydrogen) atoms. The minimum Gasteiger partial charge on any atom is -0.444 e. The maximum absolute atomic E-state index is 15.5. The SMILES string of the molecule is Cc1cc(C(=O)N2CCC(CN3CCCC(c4ccc(NC5CCC(=O)NC5=O)cc4F)CC3)CC2)ccc1C1=CCN(CC2=Cc3c(-c4ccc(NC(=O)OC(C)(C)C)nc4)ccnc3CC2C)CC1. The van der Waals surface area contributed by atoms with Crippen molar-refractivity contribution in [3.05, 3.63) is 118 Å². The maximum Gasteiger partial charge on any atom is 0.413 e. The van der Waals surface area contributed by atoms with Crippen molar-refractivity contribution in [3.8, 4) is 11.1 Å². The highest BCUT2D eigenvalue weighted by Gasteiger charge is 2.30. The fourth-order valence-electron chi connectivity index (χ4n) is 11.1. The lowest BCUT2D eigenvalue weighted by atomic mass is 9.84. The molecule has 3 fully saturated rings. The standard InChI is InChI=1S/C57H69FN8O5/c1-36-30-51-48(46(16-22-59-51)42-9-14-52(60-33-42)62-56(70)71-57(3,4)5)31-43(36)35-65-25-20-40(21-26-65)45-11-8-41(29-37(45)2)55(69)66-27-17-38(18-28-66)34-64-23-6-7-39(19-24-64)47-12-10-44(32-49(47)58)61-50-13-15-53(67)63-54(50)68/h8-12,14,16,20,22,29,31-33,36,38-39,50,61H,6-7,13,15,17-19,21,23-28,30,34-35H2,1-5H3,(H,60,62,70)(H,63,67,68). The second-order valence-electron chi connectivity index (χ2n) is 21.4. The fourth-order valence-corrected chi connectivity index (χ4v) is 11.1. The van der Waals surface area contributed by atoms with Crippen LogP contribution in [0.15, 0.2) is 78.6 Å². The van der Waals surface area contributed by atoms with E-state index in [0.29, 0.717) is 29.8 Å². The number of halogens is 1.